The van der Waals surface area contributed by atoms with Gasteiger partial charge < -0.3 is 4.74 Å². The van der Waals surface area contributed by atoms with Crippen LogP contribution in [-0.4, -0.2) is 18.2 Å². The van der Waals surface area contributed by atoms with Gasteiger partial charge in [-0.3, -0.25) is 4.79 Å². The minimum Gasteiger partial charge on any atom is -0.453 e. The molecule has 0 aliphatic rings. The predicted molar refractivity (Wildman–Crippen MR) is 55.0 cm³/mol. The number of alkyl halides is 3. The zero-order chi connectivity index (χ0) is 12.6. The monoisotopic (exact) mass is 240 g/mol. The van der Waals surface area contributed by atoms with E-state index in [0.717, 1.165) is 32.6 Å². The maximum atomic E-state index is 12.4. The number of halogens is 3. The van der Waals surface area contributed by atoms with Gasteiger partial charge in [-0.1, -0.05) is 32.6 Å². The Labute approximate surface area is 94.2 Å². The number of unbranched alkanes of at least 4 members (excludes halogenated alkanes) is 4. The molecule has 16 heavy (non-hydrogen) atoms. The molecule has 0 aliphatic heterocycles. The highest BCUT2D eigenvalue weighted by Gasteiger charge is 2.41. The highest BCUT2D eigenvalue weighted by atomic mass is 19.4. The molecular weight excluding hydrogens is 221 g/mol. The summed E-state index contributed by atoms with van der Waals surface area (Å²) in [5.74, 6) is -0.879. The number of hydrogen-bond donors (Lipinski definition) is 0. The normalized spacial score (nSPS) is 13.6. The van der Waals surface area contributed by atoms with E-state index in [9.17, 15) is 18.0 Å². The lowest BCUT2D eigenvalue weighted by Crippen LogP contribution is -2.33. The van der Waals surface area contributed by atoms with Gasteiger partial charge in [0.05, 0.1) is 0 Å². The summed E-state index contributed by atoms with van der Waals surface area (Å²) in [6.07, 6.45) is -2.31. The molecule has 96 valence electrons. The lowest BCUT2D eigenvalue weighted by molar-refractivity contribution is -0.221. The number of rotatable bonds is 7. The molecule has 0 fully saturated rings. The molecule has 1 atom stereocenters. The van der Waals surface area contributed by atoms with E-state index >= 15 is 0 Å². The topological polar surface area (TPSA) is 26.3 Å². The van der Waals surface area contributed by atoms with Crippen LogP contribution in [0.5, 0.6) is 0 Å². The van der Waals surface area contributed by atoms with Gasteiger partial charge in [0.2, 0.25) is 0 Å². The molecule has 0 saturated heterocycles. The summed E-state index contributed by atoms with van der Waals surface area (Å²) in [6.45, 7) is 3.03. The van der Waals surface area contributed by atoms with Crippen LogP contribution in [-0.2, 0) is 9.53 Å². The predicted octanol–water partition coefficient (Wildman–Crippen LogP) is 3.84. The van der Waals surface area contributed by atoms with Crippen LogP contribution in [0.4, 0.5) is 13.2 Å². The van der Waals surface area contributed by atoms with E-state index in [2.05, 4.69) is 4.74 Å². The third-order valence-electron chi connectivity index (χ3n) is 2.24. The van der Waals surface area contributed by atoms with Gasteiger partial charge in [0, 0.05) is 6.92 Å². The van der Waals surface area contributed by atoms with Gasteiger partial charge in [-0.05, 0) is 12.8 Å². The van der Waals surface area contributed by atoms with Gasteiger partial charge in [-0.25, -0.2) is 0 Å². The summed E-state index contributed by atoms with van der Waals surface area (Å²) < 4.78 is 41.4. The van der Waals surface area contributed by atoms with Gasteiger partial charge in [0.15, 0.2) is 6.10 Å². The van der Waals surface area contributed by atoms with Crippen LogP contribution < -0.4 is 0 Å². The Bertz CT molecular complexity index is 202. The molecule has 0 bridgehead atoms. The fourth-order valence-electron chi connectivity index (χ4n) is 1.42. The molecule has 0 rings (SSSR count). The van der Waals surface area contributed by atoms with Crippen molar-refractivity contribution in [1.29, 1.82) is 0 Å². The van der Waals surface area contributed by atoms with Gasteiger partial charge >= 0.3 is 12.1 Å². The molecule has 0 unspecified atom stereocenters. The Morgan fingerprint density at radius 2 is 1.75 bits per heavy atom. The Balaban J connectivity index is 3.89. The summed E-state index contributed by atoms with van der Waals surface area (Å²) in [4.78, 5) is 10.5. The molecule has 2 nitrogen and oxygen atoms in total. The average Bonchev–Trinajstić information content (AvgIpc) is 2.13. The van der Waals surface area contributed by atoms with Crippen LogP contribution in [0, 0.1) is 0 Å². The molecule has 0 saturated carbocycles. The second kappa shape index (κ2) is 7.52. The number of esters is 1. The minimum atomic E-state index is -4.45. The van der Waals surface area contributed by atoms with Crippen molar-refractivity contribution in [2.24, 2.45) is 0 Å². The Morgan fingerprint density at radius 3 is 2.19 bits per heavy atom. The van der Waals surface area contributed by atoms with E-state index in [1.54, 1.807) is 0 Å². The van der Waals surface area contributed by atoms with Gasteiger partial charge in [0.1, 0.15) is 0 Å². The van der Waals surface area contributed by atoms with Crippen LogP contribution in [0.25, 0.3) is 0 Å². The van der Waals surface area contributed by atoms with Crippen molar-refractivity contribution in [3.8, 4) is 0 Å². The van der Waals surface area contributed by atoms with Crippen molar-refractivity contribution < 1.29 is 22.7 Å². The van der Waals surface area contributed by atoms with E-state index in [4.69, 9.17) is 0 Å². The van der Waals surface area contributed by atoms with E-state index in [-0.39, 0.29) is 6.42 Å². The van der Waals surface area contributed by atoms with Gasteiger partial charge in [-0.15, -0.1) is 0 Å². The fraction of sp³-hybridized carbons (Fsp3) is 0.909. The van der Waals surface area contributed by atoms with Crippen molar-refractivity contribution in [1.82, 2.24) is 0 Å². The SMILES string of the molecule is CCCCCCC[C@@H](OC(C)=O)C(F)(F)F. The molecule has 0 aromatic rings. The second-order valence-corrected chi connectivity index (χ2v) is 3.84. The van der Waals surface area contributed by atoms with Crippen molar-refractivity contribution >= 4 is 5.97 Å². The third-order valence-corrected chi connectivity index (χ3v) is 2.24. The Kier molecular flexibility index (Phi) is 7.17. The zero-order valence-electron chi connectivity index (χ0n) is 9.77. The van der Waals surface area contributed by atoms with Gasteiger partial charge in [0.25, 0.3) is 0 Å². The second-order valence-electron chi connectivity index (χ2n) is 3.84. The Hall–Kier alpha value is -0.740. The highest BCUT2D eigenvalue weighted by Crippen LogP contribution is 2.27. The smallest absolute Gasteiger partial charge is 0.425 e. The Morgan fingerprint density at radius 1 is 1.19 bits per heavy atom. The molecule has 5 heteroatoms. The average molecular weight is 240 g/mol. The van der Waals surface area contributed by atoms with E-state index in [1.165, 1.54) is 0 Å². The first-order chi connectivity index (χ1) is 7.38. The first-order valence-corrected chi connectivity index (χ1v) is 5.61. The third kappa shape index (κ3) is 7.54. The van der Waals surface area contributed by atoms with Crippen LogP contribution in [0.2, 0.25) is 0 Å². The zero-order valence-corrected chi connectivity index (χ0v) is 9.77. The van der Waals surface area contributed by atoms with Gasteiger partial charge in [-0.2, -0.15) is 13.2 Å². The van der Waals surface area contributed by atoms with Crippen LogP contribution in [0.15, 0.2) is 0 Å². The molecular formula is C11H19F3O2. The van der Waals surface area contributed by atoms with E-state index < -0.39 is 18.2 Å². The molecule has 0 radical (unpaired) electrons. The first-order valence-electron chi connectivity index (χ1n) is 5.61. The standard InChI is InChI=1S/C11H19F3O2/c1-3-4-5-6-7-8-10(11(12,13)14)16-9(2)15/h10H,3-8H2,1-2H3/t10-/m1/s1. The molecule has 0 aromatic carbocycles. The largest absolute Gasteiger partial charge is 0.453 e. The quantitative estimate of drug-likeness (QED) is 0.499. The number of carbonyl (C=O) groups excluding carboxylic acids is 1. The number of hydrogen-bond acceptors (Lipinski definition) is 2. The molecule has 0 amide bonds. The summed E-state index contributed by atoms with van der Waals surface area (Å²) in [5, 5.41) is 0. The van der Waals surface area contributed by atoms with Crippen molar-refractivity contribution in [3.05, 3.63) is 0 Å². The van der Waals surface area contributed by atoms with Crippen molar-refractivity contribution in [2.45, 2.75) is 64.7 Å². The maximum absolute atomic E-state index is 12.4. The van der Waals surface area contributed by atoms with Crippen molar-refractivity contribution in [2.75, 3.05) is 0 Å². The van der Waals surface area contributed by atoms with E-state index in [1.807, 2.05) is 6.92 Å². The summed E-state index contributed by atoms with van der Waals surface area (Å²) >= 11 is 0. The lowest BCUT2D eigenvalue weighted by atomic mass is 10.1. The molecule has 0 heterocycles. The maximum Gasteiger partial charge on any atom is 0.425 e. The summed E-state index contributed by atoms with van der Waals surface area (Å²) in [7, 11) is 0. The first kappa shape index (κ1) is 15.3. The van der Waals surface area contributed by atoms with E-state index in [0.29, 0.717) is 6.42 Å². The van der Waals surface area contributed by atoms with Crippen LogP contribution in [0.1, 0.15) is 52.4 Å². The highest BCUT2D eigenvalue weighted by molar-refractivity contribution is 5.66. The lowest BCUT2D eigenvalue weighted by Gasteiger charge is -2.19. The van der Waals surface area contributed by atoms with Crippen LogP contribution >= 0.6 is 0 Å². The molecule has 0 aromatic heterocycles. The molecule has 0 aliphatic carbocycles. The van der Waals surface area contributed by atoms with Crippen molar-refractivity contribution in [3.63, 3.8) is 0 Å². The minimum absolute atomic E-state index is 0.132. The fourth-order valence-corrected chi connectivity index (χ4v) is 1.42. The molecule has 0 N–H and O–H groups in total. The molecule has 0 spiro atoms. The number of ether oxygens (including phenoxy) is 1. The number of carbonyl (C=O) groups is 1. The summed E-state index contributed by atoms with van der Waals surface area (Å²) in [5.41, 5.74) is 0. The van der Waals surface area contributed by atoms with Crippen LogP contribution in [0.3, 0.4) is 0 Å². The summed E-state index contributed by atoms with van der Waals surface area (Å²) in [6, 6.07) is 0.